The largest absolute Gasteiger partial charge is 0.480 e. The molecule has 1 aromatic rings. The van der Waals surface area contributed by atoms with Gasteiger partial charge in [-0.2, -0.15) is 0 Å². The molecule has 2 rings (SSSR count). The third kappa shape index (κ3) is 3.29. The monoisotopic (exact) mass is 276 g/mol. The molecule has 1 aromatic carbocycles. The number of carboxylic acid groups (broad SMARTS) is 1. The van der Waals surface area contributed by atoms with Crippen LogP contribution in [0.3, 0.4) is 0 Å². The number of rotatable bonds is 3. The summed E-state index contributed by atoms with van der Waals surface area (Å²) in [5, 5.41) is 12.0. The Morgan fingerprint density at radius 2 is 2.10 bits per heavy atom. The number of carboxylic acids is 1. The van der Waals surface area contributed by atoms with Crippen molar-refractivity contribution >= 4 is 12.0 Å². The van der Waals surface area contributed by atoms with Crippen LogP contribution in [-0.4, -0.2) is 34.6 Å². The summed E-state index contributed by atoms with van der Waals surface area (Å²) in [6.45, 7) is 2.92. The zero-order valence-electron chi connectivity index (χ0n) is 11.6. The lowest BCUT2D eigenvalue weighted by atomic mass is 10.0. The molecule has 0 spiro atoms. The minimum atomic E-state index is -0.921. The standard InChI is InChI=1S/C15H20N2O3/c1-11-6-2-3-7-12(11)10-16-15(20)17-9-5-4-8-13(17)14(18)19/h2-3,6-7,13H,4-5,8-10H2,1H3,(H,16,20)(H,18,19). The SMILES string of the molecule is Cc1ccccc1CNC(=O)N1CCCCC1C(=O)O. The molecule has 1 heterocycles. The highest BCUT2D eigenvalue weighted by Crippen LogP contribution is 2.17. The lowest BCUT2D eigenvalue weighted by Crippen LogP contribution is -2.51. The van der Waals surface area contributed by atoms with Crippen LogP contribution in [0.2, 0.25) is 0 Å². The van der Waals surface area contributed by atoms with Crippen molar-refractivity contribution in [3.05, 3.63) is 35.4 Å². The maximum absolute atomic E-state index is 12.1. The fourth-order valence-corrected chi connectivity index (χ4v) is 2.51. The van der Waals surface area contributed by atoms with Gasteiger partial charge in [0.2, 0.25) is 0 Å². The number of nitrogens with one attached hydrogen (secondary N) is 1. The zero-order chi connectivity index (χ0) is 14.5. The molecule has 1 fully saturated rings. The summed E-state index contributed by atoms with van der Waals surface area (Å²) in [6.07, 6.45) is 2.26. The van der Waals surface area contributed by atoms with Gasteiger partial charge in [0.05, 0.1) is 0 Å². The quantitative estimate of drug-likeness (QED) is 0.888. The van der Waals surface area contributed by atoms with E-state index in [0.717, 1.165) is 24.0 Å². The van der Waals surface area contributed by atoms with Gasteiger partial charge in [0, 0.05) is 13.1 Å². The Morgan fingerprint density at radius 1 is 1.35 bits per heavy atom. The highest BCUT2D eigenvalue weighted by molar-refractivity contribution is 5.82. The molecule has 108 valence electrons. The van der Waals surface area contributed by atoms with Crippen LogP contribution in [0, 0.1) is 6.92 Å². The van der Waals surface area contributed by atoms with Crippen molar-refractivity contribution in [2.75, 3.05) is 6.54 Å². The first-order chi connectivity index (χ1) is 9.59. The van der Waals surface area contributed by atoms with E-state index in [1.807, 2.05) is 31.2 Å². The summed E-state index contributed by atoms with van der Waals surface area (Å²) in [6, 6.07) is 6.84. The number of likely N-dealkylation sites (tertiary alicyclic amines) is 1. The molecule has 5 nitrogen and oxygen atoms in total. The number of aryl methyl sites for hydroxylation is 1. The summed E-state index contributed by atoms with van der Waals surface area (Å²) >= 11 is 0. The van der Waals surface area contributed by atoms with E-state index in [1.54, 1.807) is 0 Å². The molecule has 0 aromatic heterocycles. The van der Waals surface area contributed by atoms with E-state index in [1.165, 1.54) is 4.90 Å². The molecule has 1 aliphatic heterocycles. The molecule has 1 aliphatic rings. The van der Waals surface area contributed by atoms with Gasteiger partial charge in [-0.3, -0.25) is 0 Å². The van der Waals surface area contributed by atoms with Crippen LogP contribution in [0.4, 0.5) is 4.79 Å². The van der Waals surface area contributed by atoms with Crippen LogP contribution in [0.1, 0.15) is 30.4 Å². The van der Waals surface area contributed by atoms with Crippen molar-refractivity contribution in [3.63, 3.8) is 0 Å². The third-order valence-corrected chi connectivity index (χ3v) is 3.74. The number of amides is 2. The van der Waals surface area contributed by atoms with Gasteiger partial charge in [-0.05, 0) is 37.3 Å². The lowest BCUT2D eigenvalue weighted by Gasteiger charge is -2.32. The average molecular weight is 276 g/mol. The Morgan fingerprint density at radius 3 is 2.80 bits per heavy atom. The van der Waals surface area contributed by atoms with Gasteiger partial charge in [-0.15, -0.1) is 0 Å². The van der Waals surface area contributed by atoms with E-state index in [4.69, 9.17) is 5.11 Å². The normalized spacial score (nSPS) is 18.6. The summed E-state index contributed by atoms with van der Waals surface area (Å²) < 4.78 is 0. The maximum Gasteiger partial charge on any atom is 0.326 e. The number of carbonyl (C=O) groups is 2. The molecule has 5 heteroatoms. The molecule has 20 heavy (non-hydrogen) atoms. The molecule has 0 aliphatic carbocycles. The van der Waals surface area contributed by atoms with Gasteiger partial charge in [-0.1, -0.05) is 24.3 Å². The highest BCUT2D eigenvalue weighted by Gasteiger charge is 2.31. The maximum atomic E-state index is 12.1. The number of aliphatic carboxylic acids is 1. The number of hydrogen-bond donors (Lipinski definition) is 2. The highest BCUT2D eigenvalue weighted by atomic mass is 16.4. The lowest BCUT2D eigenvalue weighted by molar-refractivity contribution is -0.143. The van der Waals surface area contributed by atoms with Gasteiger partial charge >= 0.3 is 12.0 Å². The van der Waals surface area contributed by atoms with Gasteiger partial charge < -0.3 is 15.3 Å². The van der Waals surface area contributed by atoms with Crippen molar-refractivity contribution in [2.45, 2.75) is 38.8 Å². The zero-order valence-corrected chi connectivity index (χ0v) is 11.6. The Hall–Kier alpha value is -2.04. The van der Waals surface area contributed by atoms with E-state index >= 15 is 0 Å². The number of urea groups is 1. The minimum absolute atomic E-state index is 0.291. The van der Waals surface area contributed by atoms with Gasteiger partial charge in [0.25, 0.3) is 0 Å². The van der Waals surface area contributed by atoms with Crippen LogP contribution >= 0.6 is 0 Å². The van der Waals surface area contributed by atoms with Gasteiger partial charge in [0.1, 0.15) is 6.04 Å². The van der Waals surface area contributed by atoms with Crippen LogP contribution in [-0.2, 0) is 11.3 Å². The number of nitrogens with zero attached hydrogens (tertiary/aromatic N) is 1. The minimum Gasteiger partial charge on any atom is -0.480 e. The van der Waals surface area contributed by atoms with Crippen molar-refractivity contribution in [3.8, 4) is 0 Å². The van der Waals surface area contributed by atoms with E-state index in [-0.39, 0.29) is 6.03 Å². The molecule has 0 bridgehead atoms. The Labute approximate surface area is 118 Å². The van der Waals surface area contributed by atoms with E-state index < -0.39 is 12.0 Å². The van der Waals surface area contributed by atoms with Crippen molar-refractivity contribution in [2.24, 2.45) is 0 Å². The molecule has 0 saturated carbocycles. The Kier molecular flexibility index (Phi) is 4.61. The van der Waals surface area contributed by atoms with Crippen LogP contribution in [0.25, 0.3) is 0 Å². The molecule has 0 radical (unpaired) electrons. The number of piperidine rings is 1. The van der Waals surface area contributed by atoms with Crippen molar-refractivity contribution in [1.29, 1.82) is 0 Å². The van der Waals surface area contributed by atoms with Crippen LogP contribution in [0.15, 0.2) is 24.3 Å². The molecule has 1 saturated heterocycles. The third-order valence-electron chi connectivity index (χ3n) is 3.74. The van der Waals surface area contributed by atoms with E-state index in [2.05, 4.69) is 5.32 Å². The first-order valence-corrected chi connectivity index (χ1v) is 6.91. The molecular formula is C15H20N2O3. The predicted octanol–water partition coefficient (Wildman–Crippen LogP) is 2.14. The predicted molar refractivity (Wildman–Crippen MR) is 75.4 cm³/mol. The van der Waals surface area contributed by atoms with Gasteiger partial charge in [-0.25, -0.2) is 9.59 Å². The summed E-state index contributed by atoms with van der Waals surface area (Å²) in [5.41, 5.74) is 2.16. The second-order valence-corrected chi connectivity index (χ2v) is 5.13. The second kappa shape index (κ2) is 6.41. The first-order valence-electron chi connectivity index (χ1n) is 6.91. The van der Waals surface area contributed by atoms with Crippen LogP contribution in [0.5, 0.6) is 0 Å². The fourth-order valence-electron chi connectivity index (χ4n) is 2.51. The summed E-state index contributed by atoms with van der Waals surface area (Å²) in [5.74, 6) is -0.921. The van der Waals surface area contributed by atoms with Gasteiger partial charge in [0.15, 0.2) is 0 Å². The molecule has 2 N–H and O–H groups in total. The summed E-state index contributed by atoms with van der Waals surface area (Å²) in [4.78, 5) is 24.8. The first kappa shape index (κ1) is 14.4. The molecular weight excluding hydrogens is 256 g/mol. The van der Waals surface area contributed by atoms with E-state index in [9.17, 15) is 9.59 Å². The molecule has 1 unspecified atom stereocenters. The van der Waals surface area contributed by atoms with Crippen LogP contribution < -0.4 is 5.32 Å². The van der Waals surface area contributed by atoms with Crippen molar-refractivity contribution in [1.82, 2.24) is 10.2 Å². The van der Waals surface area contributed by atoms with E-state index in [0.29, 0.717) is 19.5 Å². The smallest absolute Gasteiger partial charge is 0.326 e. The second-order valence-electron chi connectivity index (χ2n) is 5.13. The Bertz CT molecular complexity index is 502. The van der Waals surface area contributed by atoms with Crippen molar-refractivity contribution < 1.29 is 14.7 Å². The average Bonchev–Trinajstić information content (AvgIpc) is 2.46. The Balaban J connectivity index is 1.97. The number of hydrogen-bond acceptors (Lipinski definition) is 2. The number of benzene rings is 1. The molecule has 2 amide bonds. The summed E-state index contributed by atoms with van der Waals surface area (Å²) in [7, 11) is 0. The topological polar surface area (TPSA) is 69.6 Å². The number of carbonyl (C=O) groups excluding carboxylic acids is 1. The molecule has 1 atom stereocenters. The fraction of sp³-hybridized carbons (Fsp3) is 0.467.